The van der Waals surface area contributed by atoms with Crippen molar-refractivity contribution in [2.45, 2.75) is 19.3 Å². The molecular formula is C9H12N2O. The lowest BCUT2D eigenvalue weighted by Gasteiger charge is -1.98. The molecule has 0 unspecified atom stereocenters. The van der Waals surface area contributed by atoms with Gasteiger partial charge < -0.3 is 4.57 Å². The van der Waals surface area contributed by atoms with Crippen LogP contribution < -0.4 is 0 Å². The van der Waals surface area contributed by atoms with E-state index in [1.807, 2.05) is 17.8 Å². The second-order valence-corrected chi connectivity index (χ2v) is 3.37. The molecule has 3 heteroatoms. The van der Waals surface area contributed by atoms with Crippen molar-refractivity contribution in [2.75, 3.05) is 0 Å². The van der Waals surface area contributed by atoms with Crippen LogP contribution in [0, 0.1) is 5.92 Å². The Morgan fingerprint density at radius 3 is 3.00 bits per heavy atom. The Morgan fingerprint density at radius 2 is 2.50 bits per heavy atom. The molecule has 12 heavy (non-hydrogen) atoms. The standard InChI is InChI=1S/C9H12N2O/c1-11-5-4-10-9(11)6-8(12)7-2-3-7/h4-5,7H,2-3,6H2,1H3. The highest BCUT2D eigenvalue weighted by Gasteiger charge is 2.29. The quantitative estimate of drug-likeness (QED) is 0.666. The molecule has 1 aromatic rings. The number of Topliss-reactive ketones (excluding diaryl/α,β-unsaturated/α-hetero) is 1. The molecule has 3 nitrogen and oxygen atoms in total. The van der Waals surface area contributed by atoms with E-state index in [1.54, 1.807) is 6.20 Å². The summed E-state index contributed by atoms with van der Waals surface area (Å²) in [5.74, 6) is 1.58. The van der Waals surface area contributed by atoms with Gasteiger partial charge in [-0.1, -0.05) is 0 Å². The van der Waals surface area contributed by atoms with Crippen molar-refractivity contribution in [1.82, 2.24) is 9.55 Å². The third kappa shape index (κ3) is 1.40. The number of aryl methyl sites for hydroxylation is 1. The average Bonchev–Trinajstić information content (AvgIpc) is 2.80. The smallest absolute Gasteiger partial charge is 0.143 e. The van der Waals surface area contributed by atoms with Gasteiger partial charge in [-0.3, -0.25) is 4.79 Å². The first-order valence-corrected chi connectivity index (χ1v) is 4.26. The molecule has 0 spiro atoms. The van der Waals surface area contributed by atoms with Crippen LogP contribution in [0.25, 0.3) is 0 Å². The first-order chi connectivity index (χ1) is 5.77. The van der Waals surface area contributed by atoms with E-state index in [-0.39, 0.29) is 0 Å². The maximum atomic E-state index is 11.4. The number of carbonyl (C=O) groups is 1. The zero-order valence-electron chi connectivity index (χ0n) is 7.16. The minimum atomic E-state index is 0.349. The fraction of sp³-hybridized carbons (Fsp3) is 0.556. The van der Waals surface area contributed by atoms with E-state index in [1.165, 1.54) is 0 Å². The van der Waals surface area contributed by atoms with Crippen LogP contribution in [-0.2, 0) is 18.3 Å². The number of imidazole rings is 1. The largest absolute Gasteiger partial charge is 0.338 e. The molecule has 0 N–H and O–H groups in total. The molecule has 1 aromatic heterocycles. The van der Waals surface area contributed by atoms with Crippen LogP contribution in [0.4, 0.5) is 0 Å². The number of hydrogen-bond acceptors (Lipinski definition) is 2. The van der Waals surface area contributed by atoms with Crippen LogP contribution in [0.1, 0.15) is 18.7 Å². The van der Waals surface area contributed by atoms with Gasteiger partial charge >= 0.3 is 0 Å². The van der Waals surface area contributed by atoms with Gasteiger partial charge in [0.25, 0.3) is 0 Å². The number of aromatic nitrogens is 2. The summed E-state index contributed by atoms with van der Waals surface area (Å²) in [6.07, 6.45) is 6.28. The van der Waals surface area contributed by atoms with Crippen molar-refractivity contribution in [3.63, 3.8) is 0 Å². The van der Waals surface area contributed by atoms with Gasteiger partial charge in [-0.25, -0.2) is 4.98 Å². The minimum absolute atomic E-state index is 0.349. The third-order valence-electron chi connectivity index (χ3n) is 2.29. The molecule has 0 radical (unpaired) electrons. The molecule has 1 aliphatic carbocycles. The summed E-state index contributed by atoms with van der Waals surface area (Å²) < 4.78 is 1.90. The van der Waals surface area contributed by atoms with Gasteiger partial charge in [0.05, 0.1) is 6.42 Å². The summed E-state index contributed by atoms with van der Waals surface area (Å²) in [5, 5.41) is 0. The number of rotatable bonds is 3. The highest BCUT2D eigenvalue weighted by molar-refractivity contribution is 5.84. The van der Waals surface area contributed by atoms with Crippen LogP contribution in [0.2, 0.25) is 0 Å². The van der Waals surface area contributed by atoms with E-state index < -0.39 is 0 Å². The topological polar surface area (TPSA) is 34.9 Å². The Kier molecular flexibility index (Phi) is 1.71. The molecule has 0 aliphatic heterocycles. The first-order valence-electron chi connectivity index (χ1n) is 4.26. The van der Waals surface area contributed by atoms with Gasteiger partial charge in [0.15, 0.2) is 0 Å². The summed E-state index contributed by atoms with van der Waals surface area (Å²) in [7, 11) is 1.92. The molecule has 0 bridgehead atoms. The molecule has 1 aliphatic rings. The lowest BCUT2D eigenvalue weighted by molar-refractivity contribution is -0.119. The second kappa shape index (κ2) is 2.73. The van der Waals surface area contributed by atoms with Crippen molar-refractivity contribution < 1.29 is 4.79 Å². The fourth-order valence-corrected chi connectivity index (χ4v) is 1.27. The maximum absolute atomic E-state index is 11.4. The van der Waals surface area contributed by atoms with E-state index in [4.69, 9.17) is 0 Å². The highest BCUT2D eigenvalue weighted by Crippen LogP contribution is 2.30. The second-order valence-electron chi connectivity index (χ2n) is 3.37. The van der Waals surface area contributed by atoms with E-state index in [0.29, 0.717) is 18.1 Å². The summed E-state index contributed by atoms with van der Waals surface area (Å²) >= 11 is 0. The van der Waals surface area contributed by atoms with Crippen molar-refractivity contribution in [1.29, 1.82) is 0 Å². The van der Waals surface area contributed by atoms with E-state index >= 15 is 0 Å². The number of carbonyl (C=O) groups excluding carboxylic acids is 1. The van der Waals surface area contributed by atoms with Gasteiger partial charge in [0.2, 0.25) is 0 Å². The normalized spacial score (nSPS) is 16.4. The lowest BCUT2D eigenvalue weighted by Crippen LogP contribution is -2.09. The summed E-state index contributed by atoms with van der Waals surface area (Å²) in [6.45, 7) is 0. The first kappa shape index (κ1) is 7.53. The number of nitrogens with zero attached hydrogens (tertiary/aromatic N) is 2. The number of ketones is 1. The SMILES string of the molecule is Cn1ccnc1CC(=O)C1CC1. The van der Waals surface area contributed by atoms with E-state index in [9.17, 15) is 4.79 Å². The summed E-state index contributed by atoms with van der Waals surface area (Å²) in [5.41, 5.74) is 0. The zero-order valence-corrected chi connectivity index (χ0v) is 7.16. The monoisotopic (exact) mass is 164 g/mol. The predicted octanol–water partition coefficient (Wildman–Crippen LogP) is 0.942. The summed E-state index contributed by atoms with van der Waals surface area (Å²) in [4.78, 5) is 15.5. The lowest BCUT2D eigenvalue weighted by atomic mass is 10.2. The number of hydrogen-bond donors (Lipinski definition) is 0. The Labute approximate surface area is 71.4 Å². The van der Waals surface area contributed by atoms with Crippen LogP contribution in [0.3, 0.4) is 0 Å². The predicted molar refractivity (Wildman–Crippen MR) is 44.6 cm³/mol. The van der Waals surface area contributed by atoms with Gasteiger partial charge in [-0.15, -0.1) is 0 Å². The molecule has 1 fully saturated rings. The molecular weight excluding hydrogens is 152 g/mol. The summed E-state index contributed by atoms with van der Waals surface area (Å²) in [6, 6.07) is 0. The molecule has 0 amide bonds. The third-order valence-corrected chi connectivity index (χ3v) is 2.29. The van der Waals surface area contributed by atoms with Crippen LogP contribution >= 0.6 is 0 Å². The Hall–Kier alpha value is -1.12. The Balaban J connectivity index is 2.02. The Bertz CT molecular complexity index is 299. The van der Waals surface area contributed by atoms with Gasteiger partial charge in [0, 0.05) is 25.4 Å². The molecule has 0 atom stereocenters. The Morgan fingerprint density at radius 1 is 1.75 bits per heavy atom. The van der Waals surface area contributed by atoms with Crippen molar-refractivity contribution in [3.8, 4) is 0 Å². The fourth-order valence-electron chi connectivity index (χ4n) is 1.27. The molecule has 1 heterocycles. The molecule has 1 saturated carbocycles. The van der Waals surface area contributed by atoms with Gasteiger partial charge in [-0.05, 0) is 12.8 Å². The molecule has 0 aromatic carbocycles. The minimum Gasteiger partial charge on any atom is -0.338 e. The van der Waals surface area contributed by atoms with Crippen LogP contribution in [0.5, 0.6) is 0 Å². The maximum Gasteiger partial charge on any atom is 0.143 e. The molecule has 64 valence electrons. The molecule has 2 rings (SSSR count). The van der Waals surface area contributed by atoms with E-state index in [0.717, 1.165) is 18.7 Å². The van der Waals surface area contributed by atoms with Crippen molar-refractivity contribution in [3.05, 3.63) is 18.2 Å². The van der Waals surface area contributed by atoms with Crippen molar-refractivity contribution >= 4 is 5.78 Å². The van der Waals surface area contributed by atoms with Gasteiger partial charge in [0.1, 0.15) is 11.6 Å². The highest BCUT2D eigenvalue weighted by atomic mass is 16.1. The average molecular weight is 164 g/mol. The molecule has 0 saturated heterocycles. The van der Waals surface area contributed by atoms with E-state index in [2.05, 4.69) is 4.98 Å². The van der Waals surface area contributed by atoms with Gasteiger partial charge in [-0.2, -0.15) is 0 Å². The van der Waals surface area contributed by atoms with Crippen LogP contribution in [0.15, 0.2) is 12.4 Å². The zero-order chi connectivity index (χ0) is 8.55. The van der Waals surface area contributed by atoms with Crippen molar-refractivity contribution in [2.24, 2.45) is 13.0 Å². The van der Waals surface area contributed by atoms with Crippen LogP contribution in [-0.4, -0.2) is 15.3 Å².